The molecule has 220 valence electrons. The van der Waals surface area contributed by atoms with E-state index in [0.717, 1.165) is 60.6 Å². The zero-order valence-corrected chi connectivity index (χ0v) is 25.8. The molecule has 8 nitrogen and oxygen atoms in total. The van der Waals surface area contributed by atoms with Crippen LogP contribution in [0, 0.1) is 6.92 Å². The highest BCUT2D eigenvalue weighted by atomic mass is 35.5. The summed E-state index contributed by atoms with van der Waals surface area (Å²) in [7, 11) is -3.70. The number of nitrogens with zero attached hydrogens (tertiary/aromatic N) is 4. The summed E-state index contributed by atoms with van der Waals surface area (Å²) < 4.78 is 34.9. The molecule has 1 saturated heterocycles. The Labute approximate surface area is 255 Å². The predicted octanol–water partition coefficient (Wildman–Crippen LogP) is 5.37. The van der Waals surface area contributed by atoms with Crippen molar-refractivity contribution in [2.45, 2.75) is 31.2 Å². The second-order valence-corrected chi connectivity index (χ2v) is 14.0. The van der Waals surface area contributed by atoms with E-state index in [2.05, 4.69) is 4.90 Å². The first kappa shape index (κ1) is 29.2. The fraction of sp³-hybridized carbons (Fsp3) is 0.355. The highest BCUT2D eigenvalue weighted by Crippen LogP contribution is 2.34. The molecule has 42 heavy (non-hydrogen) atoms. The molecule has 3 heterocycles. The Balaban J connectivity index is 1.24. The number of carbonyl (C=O) groups is 1. The first-order valence-corrected chi connectivity index (χ1v) is 16.8. The number of anilines is 1. The van der Waals surface area contributed by atoms with Crippen molar-refractivity contribution in [1.29, 1.82) is 0 Å². The Bertz CT molecular complexity index is 1700. The van der Waals surface area contributed by atoms with Gasteiger partial charge in [-0.05, 0) is 72.9 Å². The van der Waals surface area contributed by atoms with Crippen LogP contribution >= 0.6 is 22.9 Å². The normalized spacial score (nSPS) is 16.4. The average molecular weight is 625 g/mol. The van der Waals surface area contributed by atoms with Gasteiger partial charge in [0.15, 0.2) is 5.13 Å². The number of aromatic nitrogens is 1. The van der Waals surface area contributed by atoms with Crippen molar-refractivity contribution < 1.29 is 17.9 Å². The van der Waals surface area contributed by atoms with Crippen molar-refractivity contribution in [1.82, 2.24) is 14.2 Å². The molecule has 0 radical (unpaired) electrons. The molecular formula is C31H33ClN4O4S2. The monoisotopic (exact) mass is 624 g/mol. The molecule has 3 aromatic carbocycles. The smallest absolute Gasteiger partial charge is 0.260 e. The molecule has 1 amide bonds. The van der Waals surface area contributed by atoms with Gasteiger partial charge in [-0.15, -0.1) is 0 Å². The lowest BCUT2D eigenvalue weighted by Crippen LogP contribution is -2.39. The Morgan fingerprint density at radius 2 is 1.76 bits per heavy atom. The number of hydrogen-bond acceptors (Lipinski definition) is 7. The van der Waals surface area contributed by atoms with Gasteiger partial charge in [0.05, 0.1) is 28.3 Å². The van der Waals surface area contributed by atoms with Crippen LogP contribution in [0.5, 0.6) is 0 Å². The summed E-state index contributed by atoms with van der Waals surface area (Å²) >= 11 is 7.81. The number of benzene rings is 3. The topological polar surface area (TPSA) is 83.0 Å². The molecule has 1 aromatic heterocycles. The van der Waals surface area contributed by atoms with Crippen molar-refractivity contribution in [3.8, 4) is 0 Å². The number of halogens is 1. The van der Waals surface area contributed by atoms with Crippen LogP contribution in [0.3, 0.4) is 0 Å². The summed E-state index contributed by atoms with van der Waals surface area (Å²) in [5.74, 6) is -0.212. The Morgan fingerprint density at radius 3 is 2.52 bits per heavy atom. The van der Waals surface area contributed by atoms with Crippen LogP contribution in [0.4, 0.5) is 5.13 Å². The number of morpholine rings is 1. The lowest BCUT2D eigenvalue weighted by molar-refractivity contribution is 0.0376. The van der Waals surface area contributed by atoms with Crippen LogP contribution in [0.25, 0.3) is 10.2 Å². The predicted molar refractivity (Wildman–Crippen MR) is 167 cm³/mol. The van der Waals surface area contributed by atoms with Gasteiger partial charge < -0.3 is 4.74 Å². The van der Waals surface area contributed by atoms with Gasteiger partial charge in [-0.1, -0.05) is 47.2 Å². The first-order valence-electron chi connectivity index (χ1n) is 14.2. The summed E-state index contributed by atoms with van der Waals surface area (Å²) in [5, 5.41) is 1.24. The summed E-state index contributed by atoms with van der Waals surface area (Å²) in [6.07, 6.45) is 1.45. The zero-order chi connectivity index (χ0) is 29.3. The maximum atomic E-state index is 13.9. The molecule has 0 bridgehead atoms. The van der Waals surface area contributed by atoms with E-state index in [0.29, 0.717) is 41.8 Å². The van der Waals surface area contributed by atoms with E-state index in [1.807, 2.05) is 43.3 Å². The third-order valence-corrected chi connectivity index (χ3v) is 11.3. The highest BCUT2D eigenvalue weighted by Gasteiger charge is 2.29. The van der Waals surface area contributed by atoms with Gasteiger partial charge in [-0.2, -0.15) is 4.31 Å². The van der Waals surface area contributed by atoms with Crippen LogP contribution in [-0.4, -0.2) is 74.5 Å². The second-order valence-electron chi connectivity index (χ2n) is 10.7. The molecule has 0 aliphatic carbocycles. The number of ether oxygens (including phenoxy) is 1. The lowest BCUT2D eigenvalue weighted by Gasteiger charge is -2.28. The molecule has 2 aliphatic heterocycles. The minimum absolute atomic E-state index is 0.183. The van der Waals surface area contributed by atoms with Gasteiger partial charge >= 0.3 is 0 Å². The number of hydrogen-bond donors (Lipinski definition) is 0. The number of fused-ring (bicyclic) bond motifs is 2. The number of sulfonamides is 1. The molecule has 1 fully saturated rings. The van der Waals surface area contributed by atoms with Gasteiger partial charge in [-0.25, -0.2) is 13.4 Å². The molecule has 0 unspecified atom stereocenters. The largest absolute Gasteiger partial charge is 0.379 e. The fourth-order valence-corrected chi connectivity index (χ4v) is 8.14. The number of aryl methyl sites for hydroxylation is 1. The van der Waals surface area contributed by atoms with Crippen molar-refractivity contribution >= 4 is 54.2 Å². The molecule has 0 saturated carbocycles. The van der Waals surface area contributed by atoms with E-state index in [4.69, 9.17) is 21.3 Å². The van der Waals surface area contributed by atoms with Gasteiger partial charge in [0.2, 0.25) is 10.0 Å². The van der Waals surface area contributed by atoms with E-state index in [-0.39, 0.29) is 10.8 Å². The summed E-state index contributed by atoms with van der Waals surface area (Å²) in [5.41, 5.74) is 4.30. The SMILES string of the molecule is Cc1c(Cl)ccc2sc(N(CCCN3CCOCC3)C(=O)c3ccc(S(=O)(=O)N4CCc5ccccc5C4)cc3)nc12. The summed E-state index contributed by atoms with van der Waals surface area (Å²) in [6.45, 7) is 7.24. The minimum atomic E-state index is -3.70. The number of thiazole rings is 1. The third kappa shape index (κ3) is 5.97. The van der Waals surface area contributed by atoms with E-state index >= 15 is 0 Å². The molecule has 0 atom stereocenters. The summed E-state index contributed by atoms with van der Waals surface area (Å²) in [4.78, 5) is 23.0. The van der Waals surface area contributed by atoms with Gasteiger partial charge in [0.25, 0.3) is 5.91 Å². The van der Waals surface area contributed by atoms with Gasteiger partial charge in [0, 0.05) is 49.9 Å². The fourth-order valence-electron chi connectivity index (χ4n) is 5.51. The molecule has 4 aromatic rings. The maximum absolute atomic E-state index is 13.9. The van der Waals surface area contributed by atoms with E-state index in [9.17, 15) is 13.2 Å². The minimum Gasteiger partial charge on any atom is -0.379 e. The summed E-state index contributed by atoms with van der Waals surface area (Å²) in [6, 6.07) is 18.0. The average Bonchev–Trinajstić information content (AvgIpc) is 3.46. The Morgan fingerprint density at radius 1 is 1.02 bits per heavy atom. The maximum Gasteiger partial charge on any atom is 0.260 e. The molecule has 2 aliphatic rings. The Hall–Kier alpha value is -2.86. The molecule has 11 heteroatoms. The quantitative estimate of drug-likeness (QED) is 0.262. The molecular weight excluding hydrogens is 592 g/mol. The van der Waals surface area contributed by atoms with Crippen LogP contribution in [-0.2, 0) is 27.7 Å². The third-order valence-electron chi connectivity index (χ3n) is 8.01. The number of amides is 1. The first-order chi connectivity index (χ1) is 20.3. The number of rotatable bonds is 8. The standard InChI is InChI=1S/C31H33ClN4O4S2/c1-22-27(32)11-12-28-29(22)33-31(41-28)36(15-4-14-34-17-19-40-20-18-34)30(37)24-7-9-26(10-8-24)42(38,39)35-16-13-23-5-2-3-6-25(23)21-35/h2-3,5-12H,4,13-21H2,1H3. The van der Waals surface area contributed by atoms with Crippen molar-refractivity contribution in [2.75, 3.05) is 50.8 Å². The Kier molecular flexibility index (Phi) is 8.63. The van der Waals surface area contributed by atoms with E-state index in [1.54, 1.807) is 17.0 Å². The zero-order valence-electron chi connectivity index (χ0n) is 23.5. The van der Waals surface area contributed by atoms with Crippen molar-refractivity contribution in [2.24, 2.45) is 0 Å². The van der Waals surface area contributed by atoms with Crippen molar-refractivity contribution in [3.05, 3.63) is 87.9 Å². The van der Waals surface area contributed by atoms with E-state index in [1.165, 1.54) is 33.3 Å². The van der Waals surface area contributed by atoms with Crippen LogP contribution < -0.4 is 4.90 Å². The highest BCUT2D eigenvalue weighted by molar-refractivity contribution is 7.89. The van der Waals surface area contributed by atoms with Crippen LogP contribution in [0.2, 0.25) is 5.02 Å². The van der Waals surface area contributed by atoms with Crippen molar-refractivity contribution in [3.63, 3.8) is 0 Å². The van der Waals surface area contributed by atoms with Crippen LogP contribution in [0.15, 0.2) is 65.6 Å². The second kappa shape index (κ2) is 12.4. The van der Waals surface area contributed by atoms with Gasteiger partial charge in [0.1, 0.15) is 0 Å². The molecule has 0 N–H and O–H groups in total. The van der Waals surface area contributed by atoms with Gasteiger partial charge in [-0.3, -0.25) is 14.6 Å². The number of carbonyl (C=O) groups excluding carboxylic acids is 1. The van der Waals surface area contributed by atoms with Crippen LogP contribution in [0.1, 0.15) is 33.5 Å². The van der Waals surface area contributed by atoms with E-state index < -0.39 is 10.0 Å². The molecule has 0 spiro atoms. The lowest BCUT2D eigenvalue weighted by atomic mass is 10.0. The molecule has 6 rings (SSSR count).